The first-order valence-electron chi connectivity index (χ1n) is 9.68. The number of allylic oxidation sites excluding steroid dienone is 2. The van der Waals surface area contributed by atoms with E-state index in [1.807, 2.05) is 17.8 Å². The molecule has 2 heterocycles. The molecule has 2 aliphatic heterocycles. The molecule has 0 aliphatic carbocycles. The van der Waals surface area contributed by atoms with E-state index >= 15 is 0 Å². The molecular formula is C25H22O2S. The van der Waals surface area contributed by atoms with Crippen LogP contribution in [0.5, 0.6) is 5.75 Å². The van der Waals surface area contributed by atoms with Gasteiger partial charge in [0.25, 0.3) is 0 Å². The summed E-state index contributed by atoms with van der Waals surface area (Å²) >= 11 is 1.82. The Balaban J connectivity index is 1.62. The van der Waals surface area contributed by atoms with Crippen LogP contribution in [-0.4, -0.2) is 6.61 Å². The molecular weight excluding hydrogens is 364 g/mol. The highest BCUT2D eigenvalue weighted by Gasteiger charge is 2.44. The molecule has 0 N–H and O–H groups in total. The monoisotopic (exact) mass is 386 g/mol. The van der Waals surface area contributed by atoms with Crippen LogP contribution in [0.1, 0.15) is 30.1 Å². The highest BCUT2D eigenvalue weighted by atomic mass is 32.2. The predicted molar refractivity (Wildman–Crippen MR) is 113 cm³/mol. The predicted octanol–water partition coefficient (Wildman–Crippen LogP) is 6.57. The first-order valence-corrected chi connectivity index (χ1v) is 10.5. The maximum atomic E-state index is 6.52. The zero-order chi connectivity index (χ0) is 18.9. The second-order valence-electron chi connectivity index (χ2n) is 7.28. The number of fused-ring (bicyclic) bond motifs is 3. The van der Waals surface area contributed by atoms with Crippen LogP contribution in [0.15, 0.2) is 100 Å². The Bertz CT molecular complexity index is 997. The van der Waals surface area contributed by atoms with Crippen molar-refractivity contribution < 1.29 is 9.47 Å². The summed E-state index contributed by atoms with van der Waals surface area (Å²) in [7, 11) is 0. The number of thioether (sulfide) groups is 1. The van der Waals surface area contributed by atoms with Crippen LogP contribution >= 0.6 is 11.8 Å². The molecule has 0 saturated heterocycles. The van der Waals surface area contributed by atoms with Gasteiger partial charge in [0.1, 0.15) is 17.6 Å². The fraction of sp³-hybridized carbons (Fsp3) is 0.200. The van der Waals surface area contributed by atoms with Crippen LogP contribution in [0, 0.1) is 5.92 Å². The van der Waals surface area contributed by atoms with Gasteiger partial charge in [0.15, 0.2) is 0 Å². The number of hydrogen-bond donors (Lipinski definition) is 0. The number of rotatable bonds is 3. The number of hydrogen-bond acceptors (Lipinski definition) is 3. The Morgan fingerprint density at radius 3 is 2.29 bits per heavy atom. The third kappa shape index (κ3) is 3.10. The molecule has 0 aromatic heterocycles. The molecule has 140 valence electrons. The number of benzene rings is 3. The summed E-state index contributed by atoms with van der Waals surface area (Å²) < 4.78 is 12.7. The second kappa shape index (κ2) is 7.40. The third-order valence-electron chi connectivity index (χ3n) is 5.53. The number of para-hydroxylation sites is 1. The maximum Gasteiger partial charge on any atom is 0.130 e. The molecule has 0 saturated carbocycles. The summed E-state index contributed by atoms with van der Waals surface area (Å²) in [6.45, 7) is 2.77. The van der Waals surface area contributed by atoms with Crippen LogP contribution in [-0.2, 0) is 4.74 Å². The van der Waals surface area contributed by atoms with Crippen molar-refractivity contribution in [1.29, 1.82) is 0 Å². The van der Waals surface area contributed by atoms with Crippen LogP contribution < -0.4 is 4.74 Å². The first-order chi connectivity index (χ1) is 13.8. The highest BCUT2D eigenvalue weighted by Crippen LogP contribution is 2.55. The van der Waals surface area contributed by atoms with E-state index in [2.05, 4.69) is 85.8 Å². The van der Waals surface area contributed by atoms with Crippen LogP contribution in [0.4, 0.5) is 0 Å². The molecule has 28 heavy (non-hydrogen) atoms. The van der Waals surface area contributed by atoms with E-state index in [0.29, 0.717) is 6.61 Å². The molecule has 0 bridgehead atoms. The summed E-state index contributed by atoms with van der Waals surface area (Å²) in [5, 5.41) is 0. The Morgan fingerprint density at radius 2 is 1.50 bits per heavy atom. The van der Waals surface area contributed by atoms with Crippen molar-refractivity contribution in [3.8, 4) is 5.75 Å². The van der Waals surface area contributed by atoms with Crippen molar-refractivity contribution in [2.75, 3.05) is 6.61 Å². The Hall–Kier alpha value is -2.65. The Labute approximate surface area is 170 Å². The van der Waals surface area contributed by atoms with E-state index in [1.54, 1.807) is 0 Å². The van der Waals surface area contributed by atoms with Gasteiger partial charge in [-0.3, -0.25) is 0 Å². The van der Waals surface area contributed by atoms with Gasteiger partial charge in [0.05, 0.1) is 6.61 Å². The van der Waals surface area contributed by atoms with Crippen LogP contribution in [0.3, 0.4) is 0 Å². The van der Waals surface area contributed by atoms with Gasteiger partial charge in [-0.05, 0) is 30.7 Å². The van der Waals surface area contributed by atoms with Crippen molar-refractivity contribution in [3.05, 3.63) is 107 Å². The van der Waals surface area contributed by atoms with Gasteiger partial charge in [-0.1, -0.05) is 78.5 Å². The summed E-state index contributed by atoms with van der Waals surface area (Å²) in [6.07, 6.45) is -0.000297. The minimum Gasteiger partial charge on any atom is -0.493 e. The fourth-order valence-electron chi connectivity index (χ4n) is 4.24. The van der Waals surface area contributed by atoms with E-state index in [-0.39, 0.29) is 17.9 Å². The molecule has 3 aromatic carbocycles. The summed E-state index contributed by atoms with van der Waals surface area (Å²) in [6, 6.07) is 29.5. The normalized spacial score (nSPS) is 23.2. The topological polar surface area (TPSA) is 18.5 Å². The van der Waals surface area contributed by atoms with Crippen LogP contribution in [0.2, 0.25) is 0 Å². The van der Waals surface area contributed by atoms with Crippen molar-refractivity contribution in [1.82, 2.24) is 0 Å². The van der Waals surface area contributed by atoms with E-state index < -0.39 is 0 Å². The number of ether oxygens (including phenoxy) is 2. The first kappa shape index (κ1) is 17.4. The lowest BCUT2D eigenvalue weighted by molar-refractivity contribution is 0.00711. The zero-order valence-corrected chi connectivity index (χ0v) is 16.6. The lowest BCUT2D eigenvalue weighted by atomic mass is 9.77. The Kier molecular flexibility index (Phi) is 4.61. The lowest BCUT2D eigenvalue weighted by Gasteiger charge is -2.43. The van der Waals surface area contributed by atoms with E-state index in [9.17, 15) is 0 Å². The van der Waals surface area contributed by atoms with Gasteiger partial charge in [-0.15, -0.1) is 0 Å². The lowest BCUT2D eigenvalue weighted by Crippen LogP contribution is -2.36. The van der Waals surface area contributed by atoms with Crippen molar-refractivity contribution >= 4 is 11.8 Å². The standard InChI is InChI=1S/C25H22O2S/c1-17-25(28-19-12-6-3-7-13-19)23-20-14-8-9-15-22(20)26-16-21(23)24(27-17)18-10-4-2-5-11-18/h2-15,21,23-24H,16H2,1H3/t21-,23+,24+/m0/s1. The highest BCUT2D eigenvalue weighted by molar-refractivity contribution is 8.03. The van der Waals surface area contributed by atoms with E-state index in [1.165, 1.54) is 20.9 Å². The minimum absolute atomic E-state index is 0.000297. The van der Waals surface area contributed by atoms with E-state index in [0.717, 1.165) is 11.5 Å². The largest absolute Gasteiger partial charge is 0.493 e. The summed E-state index contributed by atoms with van der Waals surface area (Å²) in [5.41, 5.74) is 2.48. The van der Waals surface area contributed by atoms with E-state index in [4.69, 9.17) is 9.47 Å². The van der Waals surface area contributed by atoms with Gasteiger partial charge in [0, 0.05) is 27.2 Å². The molecule has 3 heteroatoms. The average Bonchev–Trinajstić information content (AvgIpc) is 2.76. The van der Waals surface area contributed by atoms with Gasteiger partial charge >= 0.3 is 0 Å². The van der Waals surface area contributed by atoms with Gasteiger partial charge in [0.2, 0.25) is 0 Å². The minimum atomic E-state index is -0.000297. The summed E-state index contributed by atoms with van der Waals surface area (Å²) in [5.74, 6) is 2.53. The van der Waals surface area contributed by atoms with Crippen LogP contribution in [0.25, 0.3) is 0 Å². The van der Waals surface area contributed by atoms with Gasteiger partial charge in [-0.2, -0.15) is 0 Å². The van der Waals surface area contributed by atoms with Crippen molar-refractivity contribution in [2.45, 2.75) is 23.8 Å². The van der Waals surface area contributed by atoms with Crippen molar-refractivity contribution in [3.63, 3.8) is 0 Å². The van der Waals surface area contributed by atoms with Gasteiger partial charge in [-0.25, -0.2) is 0 Å². The molecule has 0 fully saturated rings. The molecule has 5 rings (SSSR count). The zero-order valence-electron chi connectivity index (χ0n) is 15.7. The van der Waals surface area contributed by atoms with Gasteiger partial charge < -0.3 is 9.47 Å². The maximum absolute atomic E-state index is 6.52. The molecule has 3 aromatic rings. The molecule has 3 atom stereocenters. The van der Waals surface area contributed by atoms with Crippen molar-refractivity contribution in [2.24, 2.45) is 5.92 Å². The average molecular weight is 387 g/mol. The SMILES string of the molecule is CC1=C(Sc2ccccc2)[C@@H]2c3ccccc3OC[C@@H]2[C@@H](c2ccccc2)O1. The second-order valence-corrected chi connectivity index (χ2v) is 8.39. The fourth-order valence-corrected chi connectivity index (χ4v) is 5.41. The molecule has 0 amide bonds. The quantitative estimate of drug-likeness (QED) is 0.507. The molecule has 0 radical (unpaired) electrons. The molecule has 0 unspecified atom stereocenters. The molecule has 2 nitrogen and oxygen atoms in total. The summed E-state index contributed by atoms with van der Waals surface area (Å²) in [4.78, 5) is 2.53. The molecule has 2 aliphatic rings. The molecule has 0 spiro atoms. The smallest absolute Gasteiger partial charge is 0.130 e. The third-order valence-corrected chi connectivity index (χ3v) is 6.80. The Morgan fingerprint density at radius 1 is 0.821 bits per heavy atom.